The van der Waals surface area contributed by atoms with E-state index in [1.807, 2.05) is 0 Å². The molecule has 0 amide bonds. The highest BCUT2D eigenvalue weighted by molar-refractivity contribution is 6.07. The predicted octanol–water partition coefficient (Wildman–Crippen LogP) is 2.08. The molecule has 0 unspecified atom stereocenters. The minimum Gasteiger partial charge on any atom is -0.493 e. The van der Waals surface area contributed by atoms with Crippen LogP contribution in [0.3, 0.4) is 0 Å². The fourth-order valence-corrected chi connectivity index (χ4v) is 1.33. The van der Waals surface area contributed by atoms with Gasteiger partial charge in [-0.2, -0.15) is 0 Å². The number of hydrogen-bond acceptors (Lipinski definition) is 4. The van der Waals surface area contributed by atoms with Gasteiger partial charge in [-0.1, -0.05) is 12.7 Å². The smallest absolute Gasteiger partial charge is 0.328 e. The maximum atomic E-state index is 11.7. The van der Waals surface area contributed by atoms with Gasteiger partial charge in [0.2, 0.25) is 0 Å². The van der Waals surface area contributed by atoms with Crippen molar-refractivity contribution in [2.24, 2.45) is 0 Å². The Bertz CT molecular complexity index is 517. The van der Waals surface area contributed by atoms with Gasteiger partial charge >= 0.3 is 5.97 Å². The lowest BCUT2D eigenvalue weighted by Gasteiger charge is -2.10. The second-order valence-corrected chi connectivity index (χ2v) is 3.50. The third-order valence-corrected chi connectivity index (χ3v) is 2.18. The first-order chi connectivity index (χ1) is 9.08. The summed E-state index contributed by atoms with van der Waals surface area (Å²) in [7, 11) is 1.49. The van der Waals surface area contributed by atoms with Gasteiger partial charge < -0.3 is 14.6 Å². The number of hydrogen-bond donors (Lipinski definition) is 1. The molecular formula is C14H14O5. The molecule has 0 spiro atoms. The lowest BCUT2D eigenvalue weighted by atomic mass is 10.1. The van der Waals surface area contributed by atoms with E-state index in [0.717, 1.165) is 12.2 Å². The molecule has 0 aliphatic heterocycles. The monoisotopic (exact) mass is 262 g/mol. The van der Waals surface area contributed by atoms with Crippen LogP contribution in [0.15, 0.2) is 43.0 Å². The number of allylic oxidation sites excluding steroid dienone is 1. The first-order valence-electron chi connectivity index (χ1n) is 5.45. The van der Waals surface area contributed by atoms with E-state index in [0.29, 0.717) is 17.1 Å². The van der Waals surface area contributed by atoms with Crippen LogP contribution in [-0.2, 0) is 4.79 Å². The highest BCUT2D eigenvalue weighted by Gasteiger charge is 2.09. The molecule has 0 aromatic heterocycles. The SMILES string of the molecule is C=CCOc1cc(C(=O)/C=C/C(=O)O)ccc1OC. The molecule has 19 heavy (non-hydrogen) atoms. The lowest BCUT2D eigenvalue weighted by Crippen LogP contribution is -2.01. The van der Waals surface area contributed by atoms with Crippen LogP contribution in [0.4, 0.5) is 0 Å². The molecule has 0 radical (unpaired) electrons. The van der Waals surface area contributed by atoms with Gasteiger partial charge in [-0.15, -0.1) is 0 Å². The summed E-state index contributed by atoms with van der Waals surface area (Å²) in [6.45, 7) is 3.81. The standard InChI is InChI=1S/C14H14O5/c1-3-8-19-13-9-10(4-6-12(13)18-2)11(15)5-7-14(16)17/h3-7,9H,1,8H2,2H3,(H,16,17)/b7-5+. The van der Waals surface area contributed by atoms with Gasteiger partial charge in [-0.05, 0) is 24.3 Å². The minimum atomic E-state index is -1.18. The molecule has 0 bridgehead atoms. The molecule has 1 rings (SSSR count). The van der Waals surface area contributed by atoms with Crippen LogP contribution < -0.4 is 9.47 Å². The Labute approximate surface area is 110 Å². The van der Waals surface area contributed by atoms with Crippen molar-refractivity contribution in [2.45, 2.75) is 0 Å². The van der Waals surface area contributed by atoms with Crippen LogP contribution in [0, 0.1) is 0 Å². The van der Waals surface area contributed by atoms with Crippen molar-refractivity contribution in [3.8, 4) is 11.5 Å². The molecule has 100 valence electrons. The topological polar surface area (TPSA) is 72.8 Å². The Kier molecular flexibility index (Phi) is 5.35. The lowest BCUT2D eigenvalue weighted by molar-refractivity contribution is -0.131. The quantitative estimate of drug-likeness (QED) is 0.462. The number of methoxy groups -OCH3 is 1. The van der Waals surface area contributed by atoms with Gasteiger partial charge in [-0.3, -0.25) is 4.79 Å². The maximum Gasteiger partial charge on any atom is 0.328 e. The summed E-state index contributed by atoms with van der Waals surface area (Å²) in [5.41, 5.74) is 0.317. The zero-order chi connectivity index (χ0) is 14.3. The summed E-state index contributed by atoms with van der Waals surface area (Å²) in [5.74, 6) is -0.712. The molecular weight excluding hydrogens is 248 g/mol. The average Bonchev–Trinajstić information content (AvgIpc) is 2.42. The normalized spacial score (nSPS) is 10.2. The van der Waals surface area contributed by atoms with E-state index in [2.05, 4.69) is 6.58 Å². The fraction of sp³-hybridized carbons (Fsp3) is 0.143. The largest absolute Gasteiger partial charge is 0.493 e. The van der Waals surface area contributed by atoms with Gasteiger partial charge in [0, 0.05) is 11.6 Å². The van der Waals surface area contributed by atoms with Gasteiger partial charge in [0.1, 0.15) is 6.61 Å². The minimum absolute atomic E-state index is 0.277. The van der Waals surface area contributed by atoms with Crippen LogP contribution in [0.5, 0.6) is 11.5 Å². The van der Waals surface area contributed by atoms with E-state index >= 15 is 0 Å². The van der Waals surface area contributed by atoms with Crippen molar-refractivity contribution >= 4 is 11.8 Å². The van der Waals surface area contributed by atoms with Crippen LogP contribution in [0.2, 0.25) is 0 Å². The molecule has 0 fully saturated rings. The number of aliphatic carboxylic acids is 1. The summed E-state index contributed by atoms with van der Waals surface area (Å²) in [6.07, 6.45) is 3.34. The number of carboxylic acids is 1. The van der Waals surface area contributed by atoms with Crippen molar-refractivity contribution in [1.29, 1.82) is 0 Å². The van der Waals surface area contributed by atoms with E-state index in [1.54, 1.807) is 12.1 Å². The molecule has 1 aromatic carbocycles. The zero-order valence-corrected chi connectivity index (χ0v) is 10.5. The molecule has 1 N–H and O–H groups in total. The van der Waals surface area contributed by atoms with Gasteiger partial charge in [0.25, 0.3) is 0 Å². The fourth-order valence-electron chi connectivity index (χ4n) is 1.33. The van der Waals surface area contributed by atoms with Crippen LogP contribution in [0.25, 0.3) is 0 Å². The van der Waals surface area contributed by atoms with Crippen molar-refractivity contribution < 1.29 is 24.2 Å². The molecule has 0 saturated carbocycles. The van der Waals surface area contributed by atoms with Crippen molar-refractivity contribution in [1.82, 2.24) is 0 Å². The number of carboxylic acid groups (broad SMARTS) is 1. The number of benzene rings is 1. The third kappa shape index (κ3) is 4.31. The highest BCUT2D eigenvalue weighted by Crippen LogP contribution is 2.28. The number of carbonyl (C=O) groups is 2. The van der Waals surface area contributed by atoms with E-state index in [9.17, 15) is 9.59 Å². The predicted molar refractivity (Wildman–Crippen MR) is 69.8 cm³/mol. The Morgan fingerprint density at radius 1 is 1.32 bits per heavy atom. The van der Waals surface area contributed by atoms with Gasteiger partial charge in [0.05, 0.1) is 7.11 Å². The van der Waals surface area contributed by atoms with E-state index < -0.39 is 11.8 Å². The van der Waals surface area contributed by atoms with Crippen molar-refractivity contribution in [2.75, 3.05) is 13.7 Å². The number of ether oxygens (including phenoxy) is 2. The molecule has 0 aliphatic carbocycles. The Hall–Kier alpha value is -2.56. The number of carbonyl (C=O) groups excluding carboxylic acids is 1. The Morgan fingerprint density at radius 3 is 2.63 bits per heavy atom. The van der Waals surface area contributed by atoms with Gasteiger partial charge in [-0.25, -0.2) is 4.79 Å². The summed E-state index contributed by atoms with van der Waals surface area (Å²) in [5, 5.41) is 8.47. The van der Waals surface area contributed by atoms with Gasteiger partial charge in [0.15, 0.2) is 17.3 Å². The highest BCUT2D eigenvalue weighted by atomic mass is 16.5. The van der Waals surface area contributed by atoms with E-state index in [-0.39, 0.29) is 6.61 Å². The molecule has 0 aliphatic rings. The third-order valence-electron chi connectivity index (χ3n) is 2.18. The van der Waals surface area contributed by atoms with E-state index in [4.69, 9.17) is 14.6 Å². The summed E-state index contributed by atoms with van der Waals surface area (Å²) >= 11 is 0. The van der Waals surface area contributed by atoms with E-state index in [1.165, 1.54) is 19.2 Å². The summed E-state index contributed by atoms with van der Waals surface area (Å²) in [6, 6.07) is 4.62. The Balaban J connectivity index is 2.99. The molecule has 5 heteroatoms. The molecule has 5 nitrogen and oxygen atoms in total. The molecule has 0 atom stereocenters. The van der Waals surface area contributed by atoms with Crippen LogP contribution in [-0.4, -0.2) is 30.6 Å². The van der Waals surface area contributed by atoms with Crippen LogP contribution in [0.1, 0.15) is 10.4 Å². The summed E-state index contributed by atoms with van der Waals surface area (Å²) < 4.78 is 10.5. The number of rotatable bonds is 7. The average molecular weight is 262 g/mol. The Morgan fingerprint density at radius 2 is 2.05 bits per heavy atom. The maximum absolute atomic E-state index is 11.7. The second-order valence-electron chi connectivity index (χ2n) is 3.50. The molecule has 0 saturated heterocycles. The second kappa shape index (κ2) is 7.00. The number of ketones is 1. The summed E-state index contributed by atoms with van der Waals surface area (Å²) in [4.78, 5) is 22.1. The first kappa shape index (κ1) is 14.5. The van der Waals surface area contributed by atoms with Crippen molar-refractivity contribution in [3.05, 3.63) is 48.6 Å². The first-order valence-corrected chi connectivity index (χ1v) is 5.45. The van der Waals surface area contributed by atoms with Crippen molar-refractivity contribution in [3.63, 3.8) is 0 Å². The molecule has 0 heterocycles. The molecule has 1 aromatic rings. The van der Waals surface area contributed by atoms with Crippen LogP contribution >= 0.6 is 0 Å². The zero-order valence-electron chi connectivity index (χ0n) is 10.5.